The zero-order valence-corrected chi connectivity index (χ0v) is 24.3. The molecular formula is C34H40N2O6. The van der Waals surface area contributed by atoms with Gasteiger partial charge in [-0.15, -0.1) is 0 Å². The highest BCUT2D eigenvalue weighted by Crippen LogP contribution is 2.27. The zero-order chi connectivity index (χ0) is 29.7. The van der Waals surface area contributed by atoms with E-state index in [1.54, 1.807) is 0 Å². The van der Waals surface area contributed by atoms with Gasteiger partial charge in [0.25, 0.3) is 0 Å². The number of nitrogens with one attached hydrogen (secondary N) is 2. The predicted molar refractivity (Wildman–Crippen MR) is 159 cm³/mol. The Hall–Kier alpha value is -4.17. The molecule has 0 radical (unpaired) electrons. The Morgan fingerprint density at radius 2 is 1.57 bits per heavy atom. The summed E-state index contributed by atoms with van der Waals surface area (Å²) in [6.07, 6.45) is 1.67. The van der Waals surface area contributed by atoms with Gasteiger partial charge in [0, 0.05) is 12.3 Å². The molecule has 2 aliphatic rings. The molecule has 222 valence electrons. The van der Waals surface area contributed by atoms with E-state index < -0.39 is 23.8 Å². The second-order valence-corrected chi connectivity index (χ2v) is 11.1. The van der Waals surface area contributed by atoms with Crippen LogP contribution in [0.5, 0.6) is 5.75 Å². The molecule has 0 saturated carbocycles. The van der Waals surface area contributed by atoms with Crippen LogP contribution >= 0.6 is 0 Å². The van der Waals surface area contributed by atoms with E-state index in [0.29, 0.717) is 31.6 Å². The van der Waals surface area contributed by atoms with Crippen molar-refractivity contribution in [2.45, 2.75) is 58.8 Å². The number of rotatable bonds is 9. The Morgan fingerprint density at radius 3 is 2.21 bits per heavy atom. The minimum atomic E-state index is -0.927. The molecule has 2 heterocycles. The molecule has 3 atom stereocenters. The van der Waals surface area contributed by atoms with Gasteiger partial charge in [-0.3, -0.25) is 14.4 Å². The van der Waals surface area contributed by atoms with Gasteiger partial charge < -0.3 is 14.8 Å². The summed E-state index contributed by atoms with van der Waals surface area (Å²) in [5, 5.41) is 2.95. The van der Waals surface area contributed by atoms with Gasteiger partial charge in [0.15, 0.2) is 0 Å². The van der Waals surface area contributed by atoms with Crippen LogP contribution in [-0.2, 0) is 43.6 Å². The SMILES string of the molecule is CC(C)C[C@H]1C(=O)N[C@H](C(=O)OCc2ccccc2)Cc2ccc(cc2)OCCC[C@@H]1C(=O)NOCc1ccccc1. The standard InChI is InChI=1S/C34H40N2O6/c1-24(2)20-30-29(33(38)36-42-23-27-12-7-4-8-13-27)14-9-19-40-28-17-15-25(16-18-28)21-31(35-32(30)37)34(39)41-22-26-10-5-3-6-11-26/h3-8,10-13,15-18,24,29-31H,9,14,19-23H2,1-2H3,(H,35,37)(H,36,38)/t29-,30+,31-/m0/s1. The lowest BCUT2D eigenvalue weighted by Crippen LogP contribution is -2.49. The molecule has 5 rings (SSSR count). The Balaban J connectivity index is 1.54. The number of carbonyl (C=O) groups excluding carboxylic acids is 3. The summed E-state index contributed by atoms with van der Waals surface area (Å²) in [4.78, 5) is 46.3. The fourth-order valence-electron chi connectivity index (χ4n) is 5.07. The first-order valence-electron chi connectivity index (χ1n) is 14.6. The summed E-state index contributed by atoms with van der Waals surface area (Å²) in [6.45, 7) is 4.72. The van der Waals surface area contributed by atoms with Gasteiger partial charge in [-0.2, -0.15) is 0 Å². The highest BCUT2D eigenvalue weighted by atomic mass is 16.6. The van der Waals surface area contributed by atoms with Crippen molar-refractivity contribution in [3.05, 3.63) is 102 Å². The van der Waals surface area contributed by atoms with Gasteiger partial charge in [0.2, 0.25) is 11.8 Å². The van der Waals surface area contributed by atoms with Gasteiger partial charge in [-0.05, 0) is 54.0 Å². The third-order valence-corrected chi connectivity index (χ3v) is 7.26. The predicted octanol–water partition coefficient (Wildman–Crippen LogP) is 5.16. The molecule has 0 unspecified atom stereocenters. The number of ether oxygens (including phenoxy) is 2. The van der Waals surface area contributed by atoms with E-state index in [-0.39, 0.29) is 37.4 Å². The van der Waals surface area contributed by atoms with E-state index in [1.807, 2.05) is 98.8 Å². The monoisotopic (exact) mass is 572 g/mol. The van der Waals surface area contributed by atoms with Crippen molar-refractivity contribution in [2.75, 3.05) is 6.61 Å². The number of esters is 1. The number of amides is 2. The van der Waals surface area contributed by atoms with Crippen LogP contribution in [-0.4, -0.2) is 30.4 Å². The zero-order valence-electron chi connectivity index (χ0n) is 24.3. The molecule has 0 fully saturated rings. The van der Waals surface area contributed by atoms with E-state index in [0.717, 1.165) is 16.7 Å². The van der Waals surface area contributed by atoms with E-state index >= 15 is 0 Å². The molecule has 8 heteroatoms. The first-order valence-corrected chi connectivity index (χ1v) is 14.6. The number of hydrogen-bond donors (Lipinski definition) is 2. The lowest BCUT2D eigenvalue weighted by molar-refractivity contribution is -0.150. The Morgan fingerprint density at radius 1 is 0.929 bits per heavy atom. The molecular weight excluding hydrogens is 532 g/mol. The Bertz CT molecular complexity index is 1280. The average molecular weight is 573 g/mol. The molecule has 0 saturated heterocycles. The average Bonchev–Trinajstić information content (AvgIpc) is 3.00. The van der Waals surface area contributed by atoms with Gasteiger partial charge in [-0.1, -0.05) is 86.6 Å². The van der Waals surface area contributed by atoms with E-state index in [4.69, 9.17) is 14.3 Å². The number of fused-ring (bicyclic) bond motifs is 11. The lowest BCUT2D eigenvalue weighted by Gasteiger charge is -2.29. The van der Waals surface area contributed by atoms with Crippen LogP contribution in [0.15, 0.2) is 84.9 Å². The van der Waals surface area contributed by atoms with Crippen LogP contribution in [0.3, 0.4) is 0 Å². The molecule has 8 nitrogen and oxygen atoms in total. The molecule has 3 aromatic rings. The van der Waals surface area contributed by atoms with Gasteiger partial charge in [0.1, 0.15) is 18.4 Å². The third kappa shape index (κ3) is 9.45. The summed E-state index contributed by atoms with van der Waals surface area (Å²) in [7, 11) is 0. The number of carbonyl (C=O) groups is 3. The molecule has 0 spiro atoms. The largest absolute Gasteiger partial charge is 0.494 e. The van der Waals surface area contributed by atoms with Crippen molar-refractivity contribution in [3.8, 4) is 5.75 Å². The Labute approximate surface area is 247 Å². The molecule has 2 amide bonds. The lowest BCUT2D eigenvalue weighted by atomic mass is 9.81. The normalized spacial score (nSPS) is 19.3. The van der Waals surface area contributed by atoms with Gasteiger partial charge >= 0.3 is 5.97 Å². The van der Waals surface area contributed by atoms with Gasteiger partial charge in [-0.25, -0.2) is 10.3 Å². The van der Waals surface area contributed by atoms with Crippen molar-refractivity contribution in [2.24, 2.45) is 17.8 Å². The molecule has 0 aromatic heterocycles. The molecule has 2 N–H and O–H groups in total. The smallest absolute Gasteiger partial charge is 0.329 e. The minimum absolute atomic E-state index is 0.0953. The maximum Gasteiger partial charge on any atom is 0.329 e. The fraction of sp³-hybridized carbons (Fsp3) is 0.382. The van der Waals surface area contributed by atoms with Crippen LogP contribution in [0.2, 0.25) is 0 Å². The first kappa shape index (κ1) is 30.8. The molecule has 0 aliphatic carbocycles. The minimum Gasteiger partial charge on any atom is -0.494 e. The van der Waals surface area contributed by atoms with Gasteiger partial charge in [0.05, 0.1) is 19.1 Å². The molecule has 3 aromatic carbocycles. The van der Waals surface area contributed by atoms with Crippen LogP contribution < -0.4 is 15.5 Å². The van der Waals surface area contributed by atoms with E-state index in [1.165, 1.54) is 0 Å². The number of benzene rings is 3. The van der Waals surface area contributed by atoms with Crippen molar-refractivity contribution < 1.29 is 28.7 Å². The summed E-state index contributed by atoms with van der Waals surface area (Å²) >= 11 is 0. The molecule has 2 aliphatic heterocycles. The highest BCUT2D eigenvalue weighted by molar-refractivity contribution is 5.90. The summed E-state index contributed by atoms with van der Waals surface area (Å²) in [5.41, 5.74) is 5.19. The van der Waals surface area contributed by atoms with E-state index in [9.17, 15) is 14.4 Å². The van der Waals surface area contributed by atoms with Crippen LogP contribution in [0.4, 0.5) is 0 Å². The second-order valence-electron chi connectivity index (χ2n) is 11.1. The van der Waals surface area contributed by atoms with Crippen LogP contribution in [0.1, 0.15) is 49.8 Å². The Kier molecular flexibility index (Phi) is 11.5. The van der Waals surface area contributed by atoms with Crippen molar-refractivity contribution in [3.63, 3.8) is 0 Å². The van der Waals surface area contributed by atoms with Crippen molar-refractivity contribution in [1.82, 2.24) is 10.8 Å². The second kappa shape index (κ2) is 15.7. The van der Waals surface area contributed by atoms with Crippen molar-refractivity contribution in [1.29, 1.82) is 0 Å². The quantitative estimate of drug-likeness (QED) is 0.271. The van der Waals surface area contributed by atoms with Crippen LogP contribution in [0, 0.1) is 17.8 Å². The maximum atomic E-state index is 13.9. The topological polar surface area (TPSA) is 103 Å². The summed E-state index contributed by atoms with van der Waals surface area (Å²) < 4.78 is 11.6. The summed E-state index contributed by atoms with van der Waals surface area (Å²) in [5.74, 6) is -1.79. The number of hydroxylamine groups is 1. The summed E-state index contributed by atoms with van der Waals surface area (Å²) in [6, 6.07) is 25.5. The molecule has 42 heavy (non-hydrogen) atoms. The first-order chi connectivity index (χ1) is 20.4. The number of hydrogen-bond acceptors (Lipinski definition) is 6. The third-order valence-electron chi connectivity index (χ3n) is 7.26. The van der Waals surface area contributed by atoms with Crippen molar-refractivity contribution >= 4 is 17.8 Å². The van der Waals surface area contributed by atoms with E-state index in [2.05, 4.69) is 10.8 Å². The fourth-order valence-corrected chi connectivity index (χ4v) is 5.07. The molecule has 2 bridgehead atoms. The maximum absolute atomic E-state index is 13.9. The van der Waals surface area contributed by atoms with Crippen LogP contribution in [0.25, 0.3) is 0 Å². The highest BCUT2D eigenvalue weighted by Gasteiger charge is 2.36.